The summed E-state index contributed by atoms with van der Waals surface area (Å²) in [6.45, 7) is 12.3. The molecule has 3 N–H and O–H groups in total. The van der Waals surface area contributed by atoms with Crippen LogP contribution in [0.5, 0.6) is 0 Å². The number of para-hydroxylation sites is 1. The average molecular weight is 500 g/mol. The standard InChI is InChI=1S/C22H29N3OS.C4H4O4/c1-5-23-22(26)17-12-13-21-19(14-17)25(16(4)15-24(6-2)7-3)18-10-8-9-11-20(18)27-21;5-3(6)1-2-4(7)8/h8-14,16H,5-7,15H2,1-4H3,(H,23,26);1-2H,(H,5,6)(H,7,8)/b;2-1+. The number of nitrogens with one attached hydrogen (secondary N) is 1. The Morgan fingerprint density at radius 2 is 1.57 bits per heavy atom. The highest BCUT2D eigenvalue weighted by Gasteiger charge is 2.28. The first-order valence-corrected chi connectivity index (χ1v) is 12.4. The van der Waals surface area contributed by atoms with E-state index in [2.05, 4.69) is 66.2 Å². The molecular weight excluding hydrogens is 466 g/mol. The van der Waals surface area contributed by atoms with E-state index in [-0.39, 0.29) is 5.91 Å². The maximum absolute atomic E-state index is 12.4. The van der Waals surface area contributed by atoms with Gasteiger partial charge in [0.2, 0.25) is 0 Å². The predicted octanol–water partition coefficient (Wildman–Crippen LogP) is 4.48. The minimum atomic E-state index is -1.26. The van der Waals surface area contributed by atoms with Gasteiger partial charge in [0, 0.05) is 46.6 Å². The van der Waals surface area contributed by atoms with Gasteiger partial charge in [-0.15, -0.1) is 0 Å². The van der Waals surface area contributed by atoms with Gasteiger partial charge < -0.3 is 25.3 Å². The van der Waals surface area contributed by atoms with Crippen molar-refractivity contribution in [1.82, 2.24) is 10.2 Å². The summed E-state index contributed by atoms with van der Waals surface area (Å²) in [6.07, 6.45) is 1.12. The molecule has 1 heterocycles. The molecule has 0 aliphatic carbocycles. The SMILES string of the molecule is CCNC(=O)c1ccc2c(c1)N(C(C)CN(CC)CC)c1ccccc1S2.O=C(O)/C=C/C(=O)O. The third-order valence-electron chi connectivity index (χ3n) is 5.39. The number of anilines is 2. The maximum atomic E-state index is 12.4. The number of fused-ring (bicyclic) bond motifs is 2. The van der Waals surface area contributed by atoms with E-state index in [0.29, 0.717) is 24.7 Å². The zero-order chi connectivity index (χ0) is 26.0. The van der Waals surface area contributed by atoms with Crippen LogP contribution < -0.4 is 10.2 Å². The number of carbonyl (C=O) groups is 3. The monoisotopic (exact) mass is 499 g/mol. The molecule has 8 nitrogen and oxygen atoms in total. The molecule has 0 saturated heterocycles. The first kappa shape index (κ1) is 27.9. The van der Waals surface area contributed by atoms with Crippen molar-refractivity contribution in [2.75, 3.05) is 31.1 Å². The summed E-state index contributed by atoms with van der Waals surface area (Å²) in [5.74, 6) is -2.53. The van der Waals surface area contributed by atoms with E-state index in [0.717, 1.165) is 30.9 Å². The predicted molar refractivity (Wildman–Crippen MR) is 139 cm³/mol. The van der Waals surface area contributed by atoms with Gasteiger partial charge in [-0.1, -0.05) is 37.7 Å². The third-order valence-corrected chi connectivity index (χ3v) is 6.52. The molecule has 1 unspecified atom stereocenters. The van der Waals surface area contributed by atoms with Crippen LogP contribution in [0.3, 0.4) is 0 Å². The number of hydrogen-bond donors (Lipinski definition) is 3. The van der Waals surface area contributed by atoms with Gasteiger partial charge in [-0.2, -0.15) is 0 Å². The topological polar surface area (TPSA) is 110 Å². The van der Waals surface area contributed by atoms with Crippen molar-refractivity contribution in [1.29, 1.82) is 0 Å². The fraction of sp³-hybridized carbons (Fsp3) is 0.346. The van der Waals surface area contributed by atoms with Crippen molar-refractivity contribution >= 4 is 41.0 Å². The number of carboxylic acids is 2. The van der Waals surface area contributed by atoms with Crippen molar-refractivity contribution in [2.24, 2.45) is 0 Å². The molecule has 1 aliphatic heterocycles. The Hall–Kier alpha value is -3.30. The second-order valence-electron chi connectivity index (χ2n) is 7.83. The summed E-state index contributed by atoms with van der Waals surface area (Å²) in [4.78, 5) is 38.8. The Morgan fingerprint density at radius 3 is 2.14 bits per heavy atom. The van der Waals surface area contributed by atoms with Gasteiger partial charge in [0.1, 0.15) is 0 Å². The van der Waals surface area contributed by atoms with Crippen molar-refractivity contribution < 1.29 is 24.6 Å². The fourth-order valence-electron chi connectivity index (χ4n) is 3.74. The third kappa shape index (κ3) is 7.87. The first-order chi connectivity index (χ1) is 16.7. The number of benzene rings is 2. The molecule has 0 radical (unpaired) electrons. The van der Waals surface area contributed by atoms with Crippen LogP contribution in [0.15, 0.2) is 64.4 Å². The second kappa shape index (κ2) is 13.6. The molecule has 0 bridgehead atoms. The van der Waals surface area contributed by atoms with Crippen LogP contribution >= 0.6 is 11.8 Å². The number of carbonyl (C=O) groups excluding carboxylic acids is 1. The lowest BCUT2D eigenvalue weighted by atomic mass is 10.1. The van der Waals surface area contributed by atoms with Crippen molar-refractivity contribution in [3.63, 3.8) is 0 Å². The Kier molecular flexibility index (Phi) is 10.8. The van der Waals surface area contributed by atoms with Crippen LogP contribution in [0, 0.1) is 0 Å². The summed E-state index contributed by atoms with van der Waals surface area (Å²) in [5, 5.41) is 18.5. The van der Waals surface area contributed by atoms with E-state index >= 15 is 0 Å². The van der Waals surface area contributed by atoms with Crippen molar-refractivity contribution in [2.45, 2.75) is 43.5 Å². The van der Waals surface area contributed by atoms with E-state index in [4.69, 9.17) is 10.2 Å². The fourth-order valence-corrected chi connectivity index (χ4v) is 4.79. The highest BCUT2D eigenvalue weighted by Crippen LogP contribution is 2.49. The Morgan fingerprint density at radius 1 is 0.971 bits per heavy atom. The van der Waals surface area contributed by atoms with Crippen LogP contribution in [-0.4, -0.2) is 65.2 Å². The highest BCUT2D eigenvalue weighted by molar-refractivity contribution is 7.99. The molecule has 1 aliphatic rings. The Labute approximate surface area is 210 Å². The average Bonchev–Trinajstić information content (AvgIpc) is 2.84. The van der Waals surface area contributed by atoms with Crippen LogP contribution in [0.4, 0.5) is 11.4 Å². The van der Waals surface area contributed by atoms with Crippen LogP contribution in [0.25, 0.3) is 0 Å². The molecule has 188 valence electrons. The normalized spacial score (nSPS) is 12.9. The molecule has 1 amide bonds. The smallest absolute Gasteiger partial charge is 0.328 e. The number of aliphatic carboxylic acids is 2. The minimum absolute atomic E-state index is 0.0134. The molecule has 0 aromatic heterocycles. The van der Waals surface area contributed by atoms with Gasteiger partial charge in [-0.05, 0) is 57.3 Å². The van der Waals surface area contributed by atoms with E-state index in [1.54, 1.807) is 11.8 Å². The molecule has 3 rings (SSSR count). The van der Waals surface area contributed by atoms with E-state index in [9.17, 15) is 14.4 Å². The molecule has 2 aromatic rings. The molecule has 35 heavy (non-hydrogen) atoms. The largest absolute Gasteiger partial charge is 0.478 e. The summed E-state index contributed by atoms with van der Waals surface area (Å²) in [6, 6.07) is 14.9. The van der Waals surface area contributed by atoms with Crippen molar-refractivity contribution in [3.05, 3.63) is 60.2 Å². The van der Waals surface area contributed by atoms with Gasteiger partial charge in [0.05, 0.1) is 11.4 Å². The van der Waals surface area contributed by atoms with Gasteiger partial charge in [0.25, 0.3) is 5.91 Å². The molecular formula is C26H33N3O5S. The molecule has 0 spiro atoms. The van der Waals surface area contributed by atoms with Crippen LogP contribution in [-0.2, 0) is 9.59 Å². The van der Waals surface area contributed by atoms with Gasteiger partial charge in [-0.3, -0.25) is 4.79 Å². The molecule has 0 fully saturated rings. The number of carboxylic acid groups (broad SMARTS) is 2. The molecule has 9 heteroatoms. The lowest BCUT2D eigenvalue weighted by molar-refractivity contribution is -0.134. The maximum Gasteiger partial charge on any atom is 0.328 e. The Balaban J connectivity index is 0.000000466. The molecule has 1 atom stereocenters. The van der Waals surface area contributed by atoms with E-state index in [1.165, 1.54) is 15.5 Å². The lowest BCUT2D eigenvalue weighted by Gasteiger charge is -2.39. The number of nitrogens with zero attached hydrogens (tertiary/aromatic N) is 2. The van der Waals surface area contributed by atoms with Crippen LogP contribution in [0.1, 0.15) is 38.1 Å². The molecule has 0 saturated carbocycles. The highest BCUT2D eigenvalue weighted by atomic mass is 32.2. The zero-order valence-electron chi connectivity index (χ0n) is 20.5. The summed E-state index contributed by atoms with van der Waals surface area (Å²) in [7, 11) is 0. The second-order valence-corrected chi connectivity index (χ2v) is 8.91. The first-order valence-electron chi connectivity index (χ1n) is 11.6. The van der Waals surface area contributed by atoms with Crippen LogP contribution in [0.2, 0.25) is 0 Å². The Bertz CT molecular complexity index is 1050. The number of rotatable bonds is 9. The lowest BCUT2D eigenvalue weighted by Crippen LogP contribution is -2.41. The number of amides is 1. The van der Waals surface area contributed by atoms with E-state index < -0.39 is 11.9 Å². The summed E-state index contributed by atoms with van der Waals surface area (Å²) < 4.78 is 0. The summed E-state index contributed by atoms with van der Waals surface area (Å²) >= 11 is 1.78. The van der Waals surface area contributed by atoms with Gasteiger partial charge in [0.15, 0.2) is 0 Å². The quantitative estimate of drug-likeness (QED) is 0.433. The number of hydrogen-bond acceptors (Lipinski definition) is 6. The summed E-state index contributed by atoms with van der Waals surface area (Å²) in [5.41, 5.74) is 3.07. The van der Waals surface area contributed by atoms with E-state index in [1.807, 2.05) is 19.1 Å². The number of likely N-dealkylation sites (N-methyl/N-ethyl adjacent to an activating group) is 1. The van der Waals surface area contributed by atoms with Gasteiger partial charge in [-0.25, -0.2) is 9.59 Å². The zero-order valence-corrected chi connectivity index (χ0v) is 21.3. The molecule has 2 aromatic carbocycles. The van der Waals surface area contributed by atoms with Gasteiger partial charge >= 0.3 is 11.9 Å². The van der Waals surface area contributed by atoms with Crippen molar-refractivity contribution in [3.8, 4) is 0 Å². The minimum Gasteiger partial charge on any atom is -0.478 e.